The zero-order valence-electron chi connectivity index (χ0n) is 13.1. The lowest BCUT2D eigenvalue weighted by Gasteiger charge is -2.15. The van der Waals surface area contributed by atoms with Crippen LogP contribution in [-0.2, 0) is 11.3 Å². The van der Waals surface area contributed by atoms with E-state index in [4.69, 9.17) is 14.2 Å². The van der Waals surface area contributed by atoms with Crippen LogP contribution >= 0.6 is 0 Å². The number of hydrogen-bond acceptors (Lipinski definition) is 4. The van der Waals surface area contributed by atoms with E-state index < -0.39 is 0 Å². The van der Waals surface area contributed by atoms with E-state index in [2.05, 4.69) is 11.5 Å². The summed E-state index contributed by atoms with van der Waals surface area (Å²) in [6, 6.07) is 1.72. The lowest BCUT2D eigenvalue weighted by Crippen LogP contribution is -2.05. The molecule has 0 radical (unpaired) electrons. The summed E-state index contributed by atoms with van der Waals surface area (Å²) in [4.78, 5) is 11.4. The Balaban J connectivity index is 2.90. The van der Waals surface area contributed by atoms with Crippen molar-refractivity contribution in [2.75, 3.05) is 21.0 Å². The second-order valence-corrected chi connectivity index (χ2v) is 4.84. The maximum atomic E-state index is 11.4. The molecular formula is C16H21NO4. The van der Waals surface area contributed by atoms with Gasteiger partial charge in [0.1, 0.15) is 0 Å². The normalized spacial score (nSPS) is 10.9. The van der Waals surface area contributed by atoms with Crippen LogP contribution in [0.25, 0.3) is 10.9 Å². The summed E-state index contributed by atoms with van der Waals surface area (Å²) in [6.07, 6.45) is 0.859. The minimum Gasteiger partial charge on any atom is -0.493 e. The van der Waals surface area contributed by atoms with E-state index in [9.17, 15) is 4.79 Å². The molecule has 5 heteroatoms. The van der Waals surface area contributed by atoms with Gasteiger partial charge in [0.2, 0.25) is 0 Å². The highest BCUT2D eigenvalue weighted by Crippen LogP contribution is 2.41. The number of ether oxygens (including phenoxy) is 3. The predicted octanol–water partition coefficient (Wildman–Crippen LogP) is 3.08. The highest BCUT2D eigenvalue weighted by molar-refractivity contribution is 6.04. The quantitative estimate of drug-likeness (QED) is 0.606. The molecule has 0 saturated carbocycles. The van der Waals surface area contributed by atoms with E-state index in [1.54, 1.807) is 20.3 Å². The van der Waals surface area contributed by atoms with Gasteiger partial charge in [-0.2, -0.15) is 0 Å². The molecular weight excluding hydrogens is 270 g/mol. The summed E-state index contributed by atoms with van der Waals surface area (Å²) >= 11 is 0. The van der Waals surface area contributed by atoms with Crippen molar-refractivity contribution in [1.82, 2.24) is 4.57 Å². The number of carbonyl (C=O) groups excluding carboxylic acids is 1. The van der Waals surface area contributed by atoms with Gasteiger partial charge in [-0.1, -0.05) is 0 Å². The predicted molar refractivity (Wildman–Crippen MR) is 81.5 cm³/mol. The number of methoxy groups -OCH3 is 2. The van der Waals surface area contributed by atoms with Crippen molar-refractivity contribution in [3.8, 4) is 11.5 Å². The minimum atomic E-state index is 0.124. The molecule has 0 amide bonds. The number of fused-ring (bicyclic) bond motifs is 1. The summed E-state index contributed by atoms with van der Waals surface area (Å²) in [5.74, 6) is 1.15. The van der Waals surface area contributed by atoms with Gasteiger partial charge < -0.3 is 18.8 Å². The number of aromatic nitrogens is 1. The molecule has 0 saturated heterocycles. The fourth-order valence-corrected chi connectivity index (χ4v) is 2.75. The average molecular weight is 291 g/mol. The molecule has 114 valence electrons. The topological polar surface area (TPSA) is 49.7 Å². The molecule has 0 atom stereocenters. The number of aldehydes is 1. The molecule has 2 rings (SSSR count). The Kier molecular flexibility index (Phi) is 4.53. The largest absolute Gasteiger partial charge is 0.493 e. The van der Waals surface area contributed by atoms with Gasteiger partial charge in [0.25, 0.3) is 0 Å². The Bertz CT molecular complexity index is 673. The van der Waals surface area contributed by atoms with Crippen LogP contribution in [0.2, 0.25) is 0 Å². The van der Waals surface area contributed by atoms with E-state index in [0.29, 0.717) is 17.1 Å². The molecule has 1 heterocycles. The van der Waals surface area contributed by atoms with E-state index >= 15 is 0 Å². The van der Waals surface area contributed by atoms with Crippen molar-refractivity contribution in [1.29, 1.82) is 0 Å². The molecule has 0 aliphatic rings. The van der Waals surface area contributed by atoms with Crippen molar-refractivity contribution in [3.05, 3.63) is 22.9 Å². The monoisotopic (exact) mass is 291 g/mol. The molecule has 0 aliphatic heterocycles. The van der Waals surface area contributed by atoms with E-state index in [-0.39, 0.29) is 6.79 Å². The Morgan fingerprint density at radius 3 is 2.52 bits per heavy atom. The first kappa shape index (κ1) is 15.4. The summed E-state index contributed by atoms with van der Waals surface area (Å²) in [7, 11) is 3.13. The molecule has 1 aromatic carbocycles. The third-order valence-electron chi connectivity index (χ3n) is 3.83. The lowest BCUT2D eigenvalue weighted by molar-refractivity contribution is 0.0500. The number of aryl methyl sites for hydroxylation is 2. The molecule has 2 aromatic rings. The average Bonchev–Trinajstić information content (AvgIpc) is 2.76. The summed E-state index contributed by atoms with van der Waals surface area (Å²) in [6.45, 7) is 7.03. The van der Waals surface area contributed by atoms with Gasteiger partial charge in [-0.05, 0) is 32.4 Å². The summed E-state index contributed by atoms with van der Waals surface area (Å²) < 4.78 is 18.2. The summed E-state index contributed by atoms with van der Waals surface area (Å²) in [5, 5.41) is 0.913. The van der Waals surface area contributed by atoms with Crippen molar-refractivity contribution in [2.24, 2.45) is 0 Å². The van der Waals surface area contributed by atoms with Gasteiger partial charge in [-0.25, -0.2) is 0 Å². The highest BCUT2D eigenvalue weighted by atomic mass is 16.7. The van der Waals surface area contributed by atoms with Gasteiger partial charge in [-0.15, -0.1) is 0 Å². The van der Waals surface area contributed by atoms with E-state index in [1.165, 1.54) is 0 Å². The van der Waals surface area contributed by atoms with Crippen LogP contribution in [-0.4, -0.2) is 31.9 Å². The van der Waals surface area contributed by atoms with Crippen LogP contribution in [0.4, 0.5) is 0 Å². The molecule has 5 nitrogen and oxygen atoms in total. The summed E-state index contributed by atoms with van der Waals surface area (Å²) in [5.41, 5.74) is 3.69. The number of hydrogen-bond donors (Lipinski definition) is 0. The van der Waals surface area contributed by atoms with E-state index in [0.717, 1.165) is 35.0 Å². The van der Waals surface area contributed by atoms with Crippen molar-refractivity contribution >= 4 is 17.2 Å². The van der Waals surface area contributed by atoms with Gasteiger partial charge in [0.15, 0.2) is 24.6 Å². The first-order valence-corrected chi connectivity index (χ1v) is 6.87. The highest BCUT2D eigenvalue weighted by Gasteiger charge is 2.21. The Labute approximate surface area is 124 Å². The maximum Gasteiger partial charge on any atom is 0.189 e. The smallest absolute Gasteiger partial charge is 0.189 e. The van der Waals surface area contributed by atoms with Crippen molar-refractivity contribution < 1.29 is 19.0 Å². The third-order valence-corrected chi connectivity index (χ3v) is 3.83. The van der Waals surface area contributed by atoms with Gasteiger partial charge in [-0.3, -0.25) is 4.79 Å². The molecule has 0 spiro atoms. The molecule has 0 fully saturated rings. The fourth-order valence-electron chi connectivity index (χ4n) is 2.75. The first-order chi connectivity index (χ1) is 10.1. The first-order valence-electron chi connectivity index (χ1n) is 6.87. The molecule has 0 N–H and O–H groups in total. The Morgan fingerprint density at radius 2 is 2.00 bits per heavy atom. The minimum absolute atomic E-state index is 0.124. The SMILES string of the molecule is CCn1c(C)c(C)c2c(C=O)cc(OC)c(OCOC)c21. The zero-order valence-corrected chi connectivity index (χ0v) is 13.1. The number of nitrogens with zero attached hydrogens (tertiary/aromatic N) is 1. The van der Waals surface area contributed by atoms with Crippen LogP contribution in [0.3, 0.4) is 0 Å². The fraction of sp³-hybridized carbons (Fsp3) is 0.438. The second-order valence-electron chi connectivity index (χ2n) is 4.84. The Hall–Kier alpha value is -2.01. The van der Waals surface area contributed by atoms with Crippen LogP contribution < -0.4 is 9.47 Å². The number of benzene rings is 1. The van der Waals surface area contributed by atoms with Gasteiger partial charge in [0.05, 0.1) is 12.6 Å². The van der Waals surface area contributed by atoms with Crippen LogP contribution in [0.5, 0.6) is 11.5 Å². The lowest BCUT2D eigenvalue weighted by atomic mass is 10.1. The zero-order chi connectivity index (χ0) is 15.6. The standard InChI is InChI=1S/C16H21NO4/c1-6-17-11(3)10(2)14-12(8-18)7-13(20-5)16(15(14)17)21-9-19-4/h7-8H,6,9H2,1-5H3. The van der Waals surface area contributed by atoms with Crippen molar-refractivity contribution in [3.63, 3.8) is 0 Å². The molecule has 0 bridgehead atoms. The molecule has 0 unspecified atom stereocenters. The molecule has 1 aromatic heterocycles. The van der Waals surface area contributed by atoms with Gasteiger partial charge in [0, 0.05) is 30.3 Å². The van der Waals surface area contributed by atoms with E-state index in [1.807, 2.05) is 13.8 Å². The van der Waals surface area contributed by atoms with Crippen LogP contribution in [0.15, 0.2) is 6.07 Å². The Morgan fingerprint density at radius 1 is 1.29 bits per heavy atom. The third kappa shape index (κ3) is 2.38. The number of carbonyl (C=O) groups is 1. The van der Waals surface area contributed by atoms with Crippen LogP contribution in [0, 0.1) is 13.8 Å². The number of rotatable bonds is 6. The maximum absolute atomic E-state index is 11.4. The second kappa shape index (κ2) is 6.18. The molecule has 21 heavy (non-hydrogen) atoms. The molecule has 0 aliphatic carbocycles. The van der Waals surface area contributed by atoms with Crippen molar-refractivity contribution in [2.45, 2.75) is 27.3 Å². The van der Waals surface area contributed by atoms with Gasteiger partial charge >= 0.3 is 0 Å². The van der Waals surface area contributed by atoms with Crippen LogP contribution in [0.1, 0.15) is 28.5 Å².